The molecule has 2 aliphatic rings. The number of ether oxygens (including phenoxy) is 2. The molecule has 0 aliphatic carbocycles. The molecule has 1 aromatic carbocycles. The number of piperidine rings is 1. The van der Waals surface area contributed by atoms with Gasteiger partial charge in [-0.2, -0.15) is 0 Å². The Balaban J connectivity index is 1.70. The van der Waals surface area contributed by atoms with E-state index in [1.54, 1.807) is 14.2 Å². The zero-order valence-corrected chi connectivity index (χ0v) is 13.2. The average Bonchev–Trinajstić information content (AvgIpc) is 2.54. The zero-order valence-electron chi connectivity index (χ0n) is 13.2. The molecule has 0 aromatic heterocycles. The number of methoxy groups -OCH3 is 2. The normalized spacial score (nSPS) is 22.7. The van der Waals surface area contributed by atoms with Gasteiger partial charge < -0.3 is 14.8 Å². The van der Waals surface area contributed by atoms with Gasteiger partial charge in [0.2, 0.25) is 0 Å². The SMILES string of the molecule is COc1ccc2c(c1OC)CCN(CC1CCCNC1)C2. The van der Waals surface area contributed by atoms with Crippen molar-refractivity contribution >= 4 is 0 Å². The molecule has 2 aliphatic heterocycles. The molecule has 0 radical (unpaired) electrons. The molecule has 21 heavy (non-hydrogen) atoms. The molecule has 0 saturated carbocycles. The Morgan fingerprint density at radius 2 is 2.19 bits per heavy atom. The van der Waals surface area contributed by atoms with E-state index in [1.807, 2.05) is 6.07 Å². The molecule has 1 saturated heterocycles. The summed E-state index contributed by atoms with van der Waals surface area (Å²) in [6.45, 7) is 5.73. The highest BCUT2D eigenvalue weighted by molar-refractivity contribution is 5.51. The minimum atomic E-state index is 0.806. The molecule has 1 fully saturated rings. The third kappa shape index (κ3) is 3.16. The van der Waals surface area contributed by atoms with E-state index < -0.39 is 0 Å². The number of rotatable bonds is 4. The first-order chi connectivity index (χ1) is 10.3. The molecular weight excluding hydrogens is 264 g/mol. The first-order valence-electron chi connectivity index (χ1n) is 7.97. The number of nitrogens with zero attached hydrogens (tertiary/aromatic N) is 1. The molecular formula is C17H26N2O2. The van der Waals surface area contributed by atoms with Crippen molar-refractivity contribution in [2.45, 2.75) is 25.8 Å². The minimum Gasteiger partial charge on any atom is -0.493 e. The van der Waals surface area contributed by atoms with E-state index in [1.165, 1.54) is 43.6 Å². The van der Waals surface area contributed by atoms with Crippen molar-refractivity contribution < 1.29 is 9.47 Å². The van der Waals surface area contributed by atoms with E-state index in [9.17, 15) is 0 Å². The monoisotopic (exact) mass is 290 g/mol. The summed E-state index contributed by atoms with van der Waals surface area (Å²) in [7, 11) is 3.44. The molecule has 1 aromatic rings. The average molecular weight is 290 g/mol. The maximum atomic E-state index is 5.57. The van der Waals surface area contributed by atoms with Gasteiger partial charge in [0, 0.05) is 25.2 Å². The summed E-state index contributed by atoms with van der Waals surface area (Å²) in [6.07, 6.45) is 3.73. The summed E-state index contributed by atoms with van der Waals surface area (Å²) >= 11 is 0. The number of benzene rings is 1. The van der Waals surface area contributed by atoms with E-state index in [0.29, 0.717) is 0 Å². The minimum absolute atomic E-state index is 0.806. The van der Waals surface area contributed by atoms with E-state index in [4.69, 9.17) is 9.47 Å². The lowest BCUT2D eigenvalue weighted by molar-refractivity contribution is 0.192. The molecule has 1 atom stereocenters. The fourth-order valence-corrected chi connectivity index (χ4v) is 3.64. The molecule has 2 heterocycles. The molecule has 0 spiro atoms. The van der Waals surface area contributed by atoms with Gasteiger partial charge in [0.05, 0.1) is 14.2 Å². The molecule has 4 heteroatoms. The van der Waals surface area contributed by atoms with E-state index in [-0.39, 0.29) is 0 Å². The number of nitrogens with one attached hydrogen (secondary N) is 1. The summed E-state index contributed by atoms with van der Waals surface area (Å²) in [6, 6.07) is 4.23. The predicted molar refractivity (Wildman–Crippen MR) is 84.1 cm³/mol. The van der Waals surface area contributed by atoms with Crippen LogP contribution < -0.4 is 14.8 Å². The lowest BCUT2D eigenvalue weighted by Gasteiger charge is -2.34. The van der Waals surface area contributed by atoms with Crippen LogP contribution in [0.25, 0.3) is 0 Å². The highest BCUT2D eigenvalue weighted by Gasteiger charge is 2.24. The Kier molecular flexibility index (Phi) is 4.66. The second-order valence-electron chi connectivity index (χ2n) is 6.14. The zero-order chi connectivity index (χ0) is 14.7. The lowest BCUT2D eigenvalue weighted by atomic mass is 9.95. The lowest BCUT2D eigenvalue weighted by Crippen LogP contribution is -2.40. The van der Waals surface area contributed by atoms with Crippen LogP contribution in [0.1, 0.15) is 24.0 Å². The van der Waals surface area contributed by atoms with Crippen molar-refractivity contribution in [3.05, 3.63) is 23.3 Å². The number of fused-ring (bicyclic) bond motifs is 1. The maximum Gasteiger partial charge on any atom is 0.164 e. The van der Waals surface area contributed by atoms with Crippen molar-refractivity contribution in [2.24, 2.45) is 5.92 Å². The van der Waals surface area contributed by atoms with Crippen molar-refractivity contribution in [1.29, 1.82) is 0 Å². The fourth-order valence-electron chi connectivity index (χ4n) is 3.64. The van der Waals surface area contributed by atoms with Gasteiger partial charge in [-0.05, 0) is 49.9 Å². The summed E-state index contributed by atoms with van der Waals surface area (Å²) < 4.78 is 11.0. The molecule has 0 amide bonds. The van der Waals surface area contributed by atoms with Crippen LogP contribution >= 0.6 is 0 Å². The third-order valence-electron chi connectivity index (χ3n) is 4.73. The van der Waals surface area contributed by atoms with Crippen LogP contribution in [-0.4, -0.2) is 45.3 Å². The van der Waals surface area contributed by atoms with Crippen LogP contribution in [0.3, 0.4) is 0 Å². The largest absolute Gasteiger partial charge is 0.493 e. The van der Waals surface area contributed by atoms with E-state index >= 15 is 0 Å². The van der Waals surface area contributed by atoms with Crippen LogP contribution in [0.4, 0.5) is 0 Å². The van der Waals surface area contributed by atoms with Crippen molar-refractivity contribution in [3.63, 3.8) is 0 Å². The van der Waals surface area contributed by atoms with Gasteiger partial charge in [-0.1, -0.05) is 6.07 Å². The maximum absolute atomic E-state index is 5.57. The highest BCUT2D eigenvalue weighted by Crippen LogP contribution is 2.36. The Morgan fingerprint density at radius 3 is 2.90 bits per heavy atom. The van der Waals surface area contributed by atoms with E-state index in [2.05, 4.69) is 16.3 Å². The third-order valence-corrected chi connectivity index (χ3v) is 4.73. The van der Waals surface area contributed by atoms with Crippen LogP contribution in [-0.2, 0) is 13.0 Å². The smallest absolute Gasteiger partial charge is 0.164 e. The van der Waals surface area contributed by atoms with E-state index in [0.717, 1.165) is 36.9 Å². The molecule has 1 unspecified atom stereocenters. The van der Waals surface area contributed by atoms with Gasteiger partial charge in [0.1, 0.15) is 0 Å². The quantitative estimate of drug-likeness (QED) is 0.920. The van der Waals surface area contributed by atoms with Crippen LogP contribution in [0.5, 0.6) is 11.5 Å². The van der Waals surface area contributed by atoms with Crippen molar-refractivity contribution in [1.82, 2.24) is 10.2 Å². The van der Waals surface area contributed by atoms with Crippen LogP contribution in [0, 0.1) is 5.92 Å². The Hall–Kier alpha value is -1.26. The standard InChI is InChI=1S/C17H26N2O2/c1-20-16-6-5-14-12-19(9-7-15(14)17(16)21-2)11-13-4-3-8-18-10-13/h5-6,13,18H,3-4,7-12H2,1-2H3. The molecule has 1 N–H and O–H groups in total. The van der Waals surface area contributed by atoms with Crippen molar-refractivity contribution in [2.75, 3.05) is 40.4 Å². The Labute approximate surface area is 127 Å². The van der Waals surface area contributed by atoms with Gasteiger partial charge in [0.25, 0.3) is 0 Å². The van der Waals surface area contributed by atoms with Crippen LogP contribution in [0.15, 0.2) is 12.1 Å². The van der Waals surface area contributed by atoms with Gasteiger partial charge >= 0.3 is 0 Å². The summed E-state index contributed by atoms with van der Waals surface area (Å²) in [5, 5.41) is 3.51. The predicted octanol–water partition coefficient (Wildman–Crippen LogP) is 2.06. The fraction of sp³-hybridized carbons (Fsp3) is 0.647. The second-order valence-corrected chi connectivity index (χ2v) is 6.14. The summed E-state index contributed by atoms with van der Waals surface area (Å²) in [5.41, 5.74) is 2.72. The second kappa shape index (κ2) is 6.67. The summed E-state index contributed by atoms with van der Waals surface area (Å²) in [5.74, 6) is 2.58. The van der Waals surface area contributed by atoms with Gasteiger partial charge in [-0.25, -0.2) is 0 Å². The van der Waals surface area contributed by atoms with Gasteiger partial charge in [-0.3, -0.25) is 4.90 Å². The number of hydrogen-bond donors (Lipinski definition) is 1. The van der Waals surface area contributed by atoms with Gasteiger partial charge in [-0.15, -0.1) is 0 Å². The molecule has 116 valence electrons. The highest BCUT2D eigenvalue weighted by atomic mass is 16.5. The van der Waals surface area contributed by atoms with Crippen molar-refractivity contribution in [3.8, 4) is 11.5 Å². The summed E-state index contributed by atoms with van der Waals surface area (Å²) in [4.78, 5) is 2.59. The molecule has 3 rings (SSSR count). The van der Waals surface area contributed by atoms with Gasteiger partial charge in [0.15, 0.2) is 11.5 Å². The topological polar surface area (TPSA) is 33.7 Å². The Morgan fingerprint density at radius 1 is 1.29 bits per heavy atom. The first-order valence-corrected chi connectivity index (χ1v) is 7.97. The number of hydrogen-bond acceptors (Lipinski definition) is 4. The van der Waals surface area contributed by atoms with Crippen LogP contribution in [0.2, 0.25) is 0 Å². The Bertz CT molecular complexity index is 484. The molecule has 0 bridgehead atoms. The molecule has 4 nitrogen and oxygen atoms in total. The first kappa shape index (κ1) is 14.7.